The summed E-state index contributed by atoms with van der Waals surface area (Å²) in [4.78, 5) is 36.9. The second-order valence-electron chi connectivity index (χ2n) is 5.27. The number of ether oxygens (including phenoxy) is 1. The Morgan fingerprint density at radius 1 is 1.23 bits per heavy atom. The molecule has 9 heteroatoms. The van der Waals surface area contributed by atoms with Gasteiger partial charge in [0.1, 0.15) is 16.3 Å². The number of carboxylic acid groups (broad SMARTS) is 1. The molecule has 0 unspecified atom stereocenters. The lowest BCUT2D eigenvalue weighted by atomic mass is 10.2. The molecule has 1 N–H and O–H groups in total. The highest BCUT2D eigenvalue weighted by Gasteiger charge is 2.21. The molecule has 3 aromatic rings. The molecular weight excluding hydrogens is 382 g/mol. The van der Waals surface area contributed by atoms with Gasteiger partial charge in [-0.2, -0.15) is 0 Å². The molecule has 3 rings (SSSR count). The summed E-state index contributed by atoms with van der Waals surface area (Å²) >= 11 is 7.04. The first-order valence-electron chi connectivity index (χ1n) is 7.24. The van der Waals surface area contributed by atoms with Crippen LogP contribution >= 0.6 is 22.9 Å². The van der Waals surface area contributed by atoms with Crippen molar-refractivity contribution >= 4 is 50.1 Å². The number of rotatable bonds is 4. The van der Waals surface area contributed by atoms with Gasteiger partial charge in [0.2, 0.25) is 0 Å². The van der Waals surface area contributed by atoms with Crippen molar-refractivity contribution in [1.82, 2.24) is 0 Å². The second kappa shape index (κ2) is 6.81. The molecule has 2 aromatic heterocycles. The van der Waals surface area contributed by atoms with Crippen LogP contribution in [0.25, 0.3) is 10.3 Å². The smallest absolute Gasteiger partial charge is 0.351 e. The third kappa shape index (κ3) is 3.16. The molecule has 0 aliphatic rings. The van der Waals surface area contributed by atoms with E-state index in [0.29, 0.717) is 26.0 Å². The summed E-state index contributed by atoms with van der Waals surface area (Å²) in [5, 5.41) is 9.93. The first-order chi connectivity index (χ1) is 12.3. The Labute approximate surface area is 156 Å². The van der Waals surface area contributed by atoms with Gasteiger partial charge in [-0.3, -0.25) is 4.79 Å². The standard InChI is InChI=1S/C17H12ClNO6S/c1-19(15(20)9-4-3-8(18)5-11(9)24-2)14-7-12-13(26-14)6-10(16(21)22)17(23)25-12/h3-7H,1-2H3,(H,21,22). The quantitative estimate of drug-likeness (QED) is 0.728. The van der Waals surface area contributed by atoms with Crippen molar-refractivity contribution in [2.24, 2.45) is 0 Å². The van der Waals surface area contributed by atoms with Crippen molar-refractivity contribution in [2.75, 3.05) is 19.1 Å². The normalized spacial score (nSPS) is 10.7. The van der Waals surface area contributed by atoms with Gasteiger partial charge in [-0.05, 0) is 24.3 Å². The number of carboxylic acids is 1. The number of aromatic carboxylic acids is 1. The summed E-state index contributed by atoms with van der Waals surface area (Å²) in [6.07, 6.45) is 0. The fourth-order valence-electron chi connectivity index (χ4n) is 2.34. The van der Waals surface area contributed by atoms with Crippen LogP contribution in [0.2, 0.25) is 5.02 Å². The molecule has 1 aromatic carbocycles. The average Bonchev–Trinajstić information content (AvgIpc) is 3.02. The largest absolute Gasteiger partial charge is 0.496 e. The number of methoxy groups -OCH3 is 1. The Hall–Kier alpha value is -2.84. The van der Waals surface area contributed by atoms with E-state index in [4.69, 9.17) is 25.9 Å². The maximum Gasteiger partial charge on any atom is 0.351 e. The average molecular weight is 394 g/mol. The molecule has 0 atom stereocenters. The third-order valence-corrected chi connectivity index (χ3v) is 5.04. The fourth-order valence-corrected chi connectivity index (χ4v) is 3.49. The minimum Gasteiger partial charge on any atom is -0.496 e. The minimum absolute atomic E-state index is 0.211. The molecule has 0 fully saturated rings. The number of fused-ring (bicyclic) bond motifs is 1. The zero-order chi connectivity index (χ0) is 19.0. The van der Waals surface area contributed by atoms with Crippen molar-refractivity contribution < 1.29 is 23.8 Å². The monoisotopic (exact) mass is 393 g/mol. The highest BCUT2D eigenvalue weighted by molar-refractivity contribution is 7.22. The summed E-state index contributed by atoms with van der Waals surface area (Å²) in [6.45, 7) is 0. The van der Waals surface area contributed by atoms with E-state index < -0.39 is 17.2 Å². The van der Waals surface area contributed by atoms with Gasteiger partial charge in [0.05, 0.1) is 17.4 Å². The van der Waals surface area contributed by atoms with E-state index in [-0.39, 0.29) is 11.5 Å². The predicted molar refractivity (Wildman–Crippen MR) is 98.1 cm³/mol. The maximum atomic E-state index is 12.8. The van der Waals surface area contributed by atoms with Crippen LogP contribution in [0.5, 0.6) is 5.75 Å². The highest BCUT2D eigenvalue weighted by atomic mass is 35.5. The Morgan fingerprint density at radius 3 is 2.62 bits per heavy atom. The van der Waals surface area contributed by atoms with E-state index in [1.54, 1.807) is 19.2 Å². The molecule has 2 heterocycles. The lowest BCUT2D eigenvalue weighted by molar-refractivity contribution is 0.0692. The number of hydrogen-bond donors (Lipinski definition) is 1. The number of anilines is 1. The van der Waals surface area contributed by atoms with Gasteiger partial charge in [0.15, 0.2) is 5.58 Å². The minimum atomic E-state index is -1.37. The number of hydrogen-bond acceptors (Lipinski definition) is 6. The number of thiophene rings is 1. The van der Waals surface area contributed by atoms with Crippen molar-refractivity contribution in [2.45, 2.75) is 0 Å². The molecule has 0 bridgehead atoms. The predicted octanol–water partition coefficient (Wildman–Crippen LogP) is 3.49. The molecule has 0 radical (unpaired) electrons. The SMILES string of the molecule is COc1cc(Cl)ccc1C(=O)N(C)c1cc2oc(=O)c(C(=O)O)cc2s1. The van der Waals surface area contributed by atoms with Crippen LogP contribution in [0.15, 0.2) is 39.5 Å². The molecule has 26 heavy (non-hydrogen) atoms. The Morgan fingerprint density at radius 2 is 1.96 bits per heavy atom. The molecule has 0 aliphatic heterocycles. The van der Waals surface area contributed by atoms with E-state index in [9.17, 15) is 14.4 Å². The first kappa shape index (κ1) is 18.0. The summed E-state index contributed by atoms with van der Waals surface area (Å²) in [7, 11) is 2.99. The van der Waals surface area contributed by atoms with E-state index in [1.165, 1.54) is 30.2 Å². The summed E-state index contributed by atoms with van der Waals surface area (Å²) in [5.74, 6) is -1.40. The molecule has 0 saturated heterocycles. The lowest BCUT2D eigenvalue weighted by Gasteiger charge is -2.16. The van der Waals surface area contributed by atoms with Crippen LogP contribution < -0.4 is 15.3 Å². The first-order valence-corrected chi connectivity index (χ1v) is 8.44. The van der Waals surface area contributed by atoms with E-state index in [2.05, 4.69) is 0 Å². The molecule has 0 spiro atoms. The van der Waals surface area contributed by atoms with Crippen LogP contribution in [-0.2, 0) is 0 Å². The molecule has 0 saturated carbocycles. The number of carbonyl (C=O) groups is 2. The van der Waals surface area contributed by atoms with Crippen LogP contribution in [0.4, 0.5) is 5.00 Å². The Balaban J connectivity index is 2.02. The van der Waals surface area contributed by atoms with Gasteiger partial charge < -0.3 is 19.2 Å². The van der Waals surface area contributed by atoms with E-state index in [1.807, 2.05) is 0 Å². The van der Waals surface area contributed by atoms with Gasteiger partial charge in [-0.15, -0.1) is 11.3 Å². The van der Waals surface area contributed by atoms with Crippen molar-refractivity contribution in [3.63, 3.8) is 0 Å². The maximum absolute atomic E-state index is 12.8. The number of carbonyl (C=O) groups excluding carboxylic acids is 1. The molecule has 134 valence electrons. The van der Waals surface area contributed by atoms with Gasteiger partial charge in [-0.25, -0.2) is 9.59 Å². The Bertz CT molecular complexity index is 1090. The molecular formula is C17H12ClNO6S. The van der Waals surface area contributed by atoms with E-state index >= 15 is 0 Å². The zero-order valence-corrected chi connectivity index (χ0v) is 15.2. The molecule has 7 nitrogen and oxygen atoms in total. The van der Waals surface area contributed by atoms with Crippen LogP contribution in [-0.4, -0.2) is 31.1 Å². The van der Waals surface area contributed by atoms with Crippen LogP contribution in [0.3, 0.4) is 0 Å². The lowest BCUT2D eigenvalue weighted by Crippen LogP contribution is -2.25. The van der Waals surface area contributed by atoms with Gasteiger partial charge in [-0.1, -0.05) is 11.6 Å². The van der Waals surface area contributed by atoms with Gasteiger partial charge in [0, 0.05) is 18.1 Å². The Kier molecular flexibility index (Phi) is 4.71. The summed E-state index contributed by atoms with van der Waals surface area (Å²) < 4.78 is 10.7. The van der Waals surface area contributed by atoms with Crippen molar-refractivity contribution in [3.8, 4) is 5.75 Å². The number of halogens is 1. The van der Waals surface area contributed by atoms with E-state index in [0.717, 1.165) is 11.3 Å². The number of benzene rings is 1. The highest BCUT2D eigenvalue weighted by Crippen LogP contribution is 2.33. The summed E-state index contributed by atoms with van der Waals surface area (Å²) in [5.41, 5.74) is -0.880. The van der Waals surface area contributed by atoms with Crippen LogP contribution in [0, 0.1) is 0 Å². The fraction of sp³-hybridized carbons (Fsp3) is 0.118. The van der Waals surface area contributed by atoms with Gasteiger partial charge >= 0.3 is 11.6 Å². The van der Waals surface area contributed by atoms with Crippen molar-refractivity contribution in [3.05, 3.63) is 56.9 Å². The second-order valence-corrected chi connectivity index (χ2v) is 6.77. The molecule has 0 aliphatic carbocycles. The topological polar surface area (TPSA) is 97.0 Å². The summed E-state index contributed by atoms with van der Waals surface area (Å²) in [6, 6.07) is 7.40. The zero-order valence-electron chi connectivity index (χ0n) is 13.6. The number of nitrogens with zero attached hydrogens (tertiary/aromatic N) is 1. The number of amides is 1. The van der Waals surface area contributed by atoms with Crippen LogP contribution in [0.1, 0.15) is 20.7 Å². The molecule has 1 amide bonds. The van der Waals surface area contributed by atoms with Gasteiger partial charge in [0.25, 0.3) is 5.91 Å². The van der Waals surface area contributed by atoms with Crippen molar-refractivity contribution in [1.29, 1.82) is 0 Å². The third-order valence-electron chi connectivity index (χ3n) is 3.67.